The van der Waals surface area contributed by atoms with Gasteiger partial charge in [-0.2, -0.15) is 0 Å². The van der Waals surface area contributed by atoms with Gasteiger partial charge in [-0.1, -0.05) is 0 Å². The largest absolute Gasteiger partial charge is 0.384 e. The number of hydrogen-bond donors (Lipinski definition) is 2. The van der Waals surface area contributed by atoms with Crippen molar-refractivity contribution in [2.45, 2.75) is 32.1 Å². The van der Waals surface area contributed by atoms with Crippen LogP contribution in [0.3, 0.4) is 0 Å². The molecule has 2 N–H and O–H groups in total. The first-order valence-corrected chi connectivity index (χ1v) is 8.71. The van der Waals surface area contributed by atoms with Crippen molar-refractivity contribution in [2.75, 3.05) is 33.4 Å². The highest BCUT2D eigenvalue weighted by Gasteiger charge is 2.67. The first-order valence-electron chi connectivity index (χ1n) is 8.71. The fraction of sp³-hybridized carbons (Fsp3) is 0.941. The highest BCUT2D eigenvalue weighted by Crippen LogP contribution is 2.69. The van der Waals surface area contributed by atoms with Gasteiger partial charge in [0.25, 0.3) is 0 Å². The Bertz CT molecular complexity index is 398. The molecule has 1 amide bonds. The maximum Gasteiger partial charge on any atom is 0.223 e. The first kappa shape index (κ1) is 14.0. The standard InChI is InChI=1S/C17H28N2O2/c1-21-10-17(4-6-18-7-5-17)9-19-16(20)15-13-11-2-3-12(8-11)14(13)15/h11-15,18H,2-10H2,1H3,(H,19,20). The van der Waals surface area contributed by atoms with Crippen LogP contribution in [0.1, 0.15) is 32.1 Å². The zero-order valence-electron chi connectivity index (χ0n) is 13.1. The van der Waals surface area contributed by atoms with E-state index in [2.05, 4.69) is 10.6 Å². The van der Waals surface area contributed by atoms with Crippen molar-refractivity contribution in [3.63, 3.8) is 0 Å². The molecule has 2 bridgehead atoms. The Morgan fingerprint density at radius 1 is 1.24 bits per heavy atom. The predicted octanol–water partition coefficient (Wildman–Crippen LogP) is 1.41. The fourth-order valence-corrected chi connectivity index (χ4v) is 5.70. The summed E-state index contributed by atoms with van der Waals surface area (Å²) in [5.74, 6) is 3.95. The number of rotatable bonds is 5. The minimum Gasteiger partial charge on any atom is -0.384 e. The summed E-state index contributed by atoms with van der Waals surface area (Å²) < 4.78 is 5.43. The van der Waals surface area contributed by atoms with E-state index in [0.717, 1.165) is 62.8 Å². The maximum absolute atomic E-state index is 12.6. The van der Waals surface area contributed by atoms with Gasteiger partial charge >= 0.3 is 0 Å². The Balaban J connectivity index is 1.33. The van der Waals surface area contributed by atoms with Gasteiger partial charge in [-0.25, -0.2) is 0 Å². The molecule has 4 atom stereocenters. The van der Waals surface area contributed by atoms with Crippen molar-refractivity contribution < 1.29 is 9.53 Å². The zero-order valence-corrected chi connectivity index (χ0v) is 13.1. The average molecular weight is 292 g/mol. The van der Waals surface area contributed by atoms with Crippen LogP contribution in [0.4, 0.5) is 0 Å². The van der Waals surface area contributed by atoms with Crippen LogP contribution in [0.15, 0.2) is 0 Å². The lowest BCUT2D eigenvalue weighted by molar-refractivity contribution is -0.124. The molecule has 0 spiro atoms. The van der Waals surface area contributed by atoms with Crippen LogP contribution in [0.2, 0.25) is 0 Å². The highest BCUT2D eigenvalue weighted by atomic mass is 16.5. The second-order valence-corrected chi connectivity index (χ2v) is 7.91. The van der Waals surface area contributed by atoms with Crippen LogP contribution in [0, 0.1) is 35.0 Å². The van der Waals surface area contributed by atoms with Crippen molar-refractivity contribution in [2.24, 2.45) is 35.0 Å². The lowest BCUT2D eigenvalue weighted by Gasteiger charge is -2.37. The van der Waals surface area contributed by atoms with Crippen molar-refractivity contribution in [3.05, 3.63) is 0 Å². The molecule has 118 valence electrons. The quantitative estimate of drug-likeness (QED) is 0.805. The molecule has 0 radical (unpaired) electrons. The Morgan fingerprint density at radius 2 is 1.90 bits per heavy atom. The number of carbonyl (C=O) groups excluding carboxylic acids is 1. The molecule has 1 heterocycles. The third-order valence-corrected chi connectivity index (χ3v) is 6.79. The Morgan fingerprint density at radius 3 is 2.52 bits per heavy atom. The van der Waals surface area contributed by atoms with Crippen molar-refractivity contribution >= 4 is 5.91 Å². The van der Waals surface area contributed by atoms with Gasteiger partial charge in [-0.3, -0.25) is 4.79 Å². The van der Waals surface area contributed by atoms with Crippen LogP contribution in [0.25, 0.3) is 0 Å². The molecule has 0 aromatic rings. The van der Waals surface area contributed by atoms with E-state index in [1.54, 1.807) is 7.11 Å². The number of carbonyl (C=O) groups is 1. The summed E-state index contributed by atoms with van der Waals surface area (Å²) in [6.07, 6.45) is 6.38. The summed E-state index contributed by atoms with van der Waals surface area (Å²) in [6.45, 7) is 3.64. The second-order valence-electron chi connectivity index (χ2n) is 7.91. The Hall–Kier alpha value is -0.610. The lowest BCUT2D eigenvalue weighted by atomic mass is 9.79. The van der Waals surface area contributed by atoms with Crippen molar-refractivity contribution in [1.82, 2.24) is 10.6 Å². The number of nitrogens with one attached hydrogen (secondary N) is 2. The molecular weight excluding hydrogens is 264 g/mol. The topological polar surface area (TPSA) is 50.4 Å². The van der Waals surface area contributed by atoms with Gasteiger partial charge in [0.1, 0.15) is 0 Å². The molecule has 0 aromatic carbocycles. The summed E-state index contributed by atoms with van der Waals surface area (Å²) in [7, 11) is 1.77. The van der Waals surface area contributed by atoms with E-state index in [1.165, 1.54) is 19.3 Å². The normalized spacial score (nSPS) is 42.6. The van der Waals surface area contributed by atoms with E-state index >= 15 is 0 Å². The number of piperidine rings is 1. The van der Waals surface area contributed by atoms with Gasteiger partial charge in [0.2, 0.25) is 5.91 Å². The van der Waals surface area contributed by atoms with Gasteiger partial charge in [0.15, 0.2) is 0 Å². The van der Waals surface area contributed by atoms with Crippen LogP contribution in [-0.2, 0) is 9.53 Å². The molecule has 4 nitrogen and oxygen atoms in total. The highest BCUT2D eigenvalue weighted by molar-refractivity contribution is 5.82. The van der Waals surface area contributed by atoms with Crippen molar-refractivity contribution in [3.8, 4) is 0 Å². The molecule has 4 unspecified atom stereocenters. The first-order chi connectivity index (χ1) is 10.2. The number of methoxy groups -OCH3 is 1. The molecule has 3 saturated carbocycles. The monoisotopic (exact) mass is 292 g/mol. The third-order valence-electron chi connectivity index (χ3n) is 6.79. The molecule has 4 heteroatoms. The van der Waals surface area contributed by atoms with Crippen LogP contribution in [-0.4, -0.2) is 39.3 Å². The Labute approximate surface area is 127 Å². The fourth-order valence-electron chi connectivity index (χ4n) is 5.70. The van der Waals surface area contributed by atoms with E-state index in [1.807, 2.05) is 0 Å². The molecule has 3 aliphatic carbocycles. The molecule has 4 aliphatic rings. The SMILES string of the molecule is COCC1(CNC(=O)C2C3C4CCC(C4)C23)CCNCC1. The van der Waals surface area contributed by atoms with Gasteiger partial charge < -0.3 is 15.4 Å². The minimum absolute atomic E-state index is 0.151. The van der Waals surface area contributed by atoms with E-state index < -0.39 is 0 Å². The van der Waals surface area contributed by atoms with Gasteiger partial charge in [-0.05, 0) is 68.9 Å². The third kappa shape index (κ3) is 2.31. The average Bonchev–Trinajstić information content (AvgIpc) is 2.94. The summed E-state index contributed by atoms with van der Waals surface area (Å²) in [5, 5.41) is 6.70. The van der Waals surface area contributed by atoms with Gasteiger partial charge in [0.05, 0.1) is 6.61 Å². The number of fused-ring (bicyclic) bond motifs is 5. The van der Waals surface area contributed by atoms with Crippen LogP contribution < -0.4 is 10.6 Å². The molecular formula is C17H28N2O2. The zero-order chi connectivity index (χ0) is 14.4. The molecule has 0 aromatic heterocycles. The summed E-state index contributed by atoms with van der Waals surface area (Å²) in [6, 6.07) is 0. The van der Waals surface area contributed by atoms with E-state index in [0.29, 0.717) is 11.8 Å². The van der Waals surface area contributed by atoms with E-state index in [9.17, 15) is 4.79 Å². The maximum atomic E-state index is 12.6. The van der Waals surface area contributed by atoms with Gasteiger partial charge in [0, 0.05) is 25.0 Å². The minimum atomic E-state index is 0.151. The number of hydrogen-bond acceptors (Lipinski definition) is 3. The molecule has 1 aliphatic heterocycles. The smallest absolute Gasteiger partial charge is 0.223 e. The molecule has 4 fully saturated rings. The predicted molar refractivity (Wildman–Crippen MR) is 80.7 cm³/mol. The second kappa shape index (κ2) is 5.24. The molecule has 1 saturated heterocycles. The van der Waals surface area contributed by atoms with Crippen molar-refractivity contribution in [1.29, 1.82) is 0 Å². The summed E-state index contributed by atoms with van der Waals surface area (Å²) >= 11 is 0. The van der Waals surface area contributed by atoms with E-state index in [-0.39, 0.29) is 5.41 Å². The van der Waals surface area contributed by atoms with E-state index in [4.69, 9.17) is 4.74 Å². The number of ether oxygens (including phenoxy) is 1. The lowest BCUT2D eigenvalue weighted by Crippen LogP contribution is -2.47. The molecule has 4 rings (SSSR count). The van der Waals surface area contributed by atoms with Gasteiger partial charge in [-0.15, -0.1) is 0 Å². The molecule has 21 heavy (non-hydrogen) atoms. The van der Waals surface area contributed by atoms with Crippen LogP contribution >= 0.6 is 0 Å². The Kier molecular flexibility index (Phi) is 3.49. The number of amides is 1. The van der Waals surface area contributed by atoms with Crippen LogP contribution in [0.5, 0.6) is 0 Å². The summed E-state index contributed by atoms with van der Waals surface area (Å²) in [5.41, 5.74) is 0.151. The summed E-state index contributed by atoms with van der Waals surface area (Å²) in [4.78, 5) is 12.6.